The molecular weight excluding hydrogens is 417 g/mol. The van der Waals surface area contributed by atoms with E-state index in [9.17, 15) is 5.02 Å². The van der Waals surface area contributed by atoms with E-state index in [1.807, 2.05) is 30.3 Å². The van der Waals surface area contributed by atoms with Gasteiger partial charge in [-0.05, 0) is 47.4 Å². The van der Waals surface area contributed by atoms with Gasteiger partial charge in [-0.15, -0.1) is 0 Å². The Kier molecular flexibility index (Phi) is 5.13. The van der Waals surface area contributed by atoms with Crippen molar-refractivity contribution in [2.24, 2.45) is 0 Å². The molecule has 0 amide bonds. The maximum atomic E-state index is 9.75. The number of furan rings is 1. The summed E-state index contributed by atoms with van der Waals surface area (Å²) in [7, 11) is -0.0456. The molecule has 0 unspecified atom stereocenters. The number of benzene rings is 5. The van der Waals surface area contributed by atoms with Crippen molar-refractivity contribution in [2.45, 2.75) is 0 Å². The smallest absolute Gasteiger partial charge is 0.308 e. The van der Waals surface area contributed by atoms with E-state index in [1.54, 1.807) is 0 Å². The first-order valence-corrected chi connectivity index (χ1v) is 11.4. The van der Waals surface area contributed by atoms with E-state index in [2.05, 4.69) is 95.9 Å². The molecule has 0 atom stereocenters. The first kappa shape index (κ1) is 20.3. The van der Waals surface area contributed by atoms with Crippen LogP contribution >= 0.6 is 0 Å². The Morgan fingerprint density at radius 3 is 1.71 bits per heavy atom. The molecule has 0 spiro atoms. The van der Waals surface area contributed by atoms with E-state index >= 15 is 0 Å². The van der Waals surface area contributed by atoms with Crippen LogP contribution in [0.25, 0.3) is 33.1 Å². The lowest BCUT2D eigenvalue weighted by Crippen LogP contribution is -2.12. The lowest BCUT2D eigenvalue weighted by molar-refractivity contribution is 0.613. The van der Waals surface area contributed by atoms with E-state index in [0.29, 0.717) is 0 Å². The Balaban J connectivity index is 1.46. The monoisotopic (exact) mass is 439 g/mol. The van der Waals surface area contributed by atoms with E-state index in [-0.39, 0.29) is 7.48 Å². The average molecular weight is 439 g/mol. The number of hydrogen-bond donors (Lipinski definition) is 1. The molecule has 0 aliphatic rings. The third-order valence-electron chi connectivity index (χ3n) is 6.24. The summed E-state index contributed by atoms with van der Waals surface area (Å²) >= 11 is 0. The Morgan fingerprint density at radius 1 is 0.529 bits per heavy atom. The van der Waals surface area contributed by atoms with Gasteiger partial charge in [-0.2, -0.15) is 0 Å². The third kappa shape index (κ3) is 3.45. The van der Waals surface area contributed by atoms with Crippen molar-refractivity contribution >= 4 is 51.9 Å². The van der Waals surface area contributed by atoms with Gasteiger partial charge in [0.2, 0.25) is 0 Å². The average Bonchev–Trinajstić information content (AvgIpc) is 3.30. The maximum absolute atomic E-state index is 9.75. The molecule has 1 heterocycles. The molecule has 0 aliphatic heterocycles. The molecular formula is C30H22BNO2. The van der Waals surface area contributed by atoms with Crippen molar-refractivity contribution in [3.63, 3.8) is 0 Å². The molecule has 3 nitrogen and oxygen atoms in total. The van der Waals surface area contributed by atoms with Crippen LogP contribution in [0.2, 0.25) is 0 Å². The topological polar surface area (TPSA) is 36.6 Å². The summed E-state index contributed by atoms with van der Waals surface area (Å²) in [6.07, 6.45) is 0. The van der Waals surface area contributed by atoms with Crippen LogP contribution in [-0.4, -0.2) is 12.5 Å². The molecule has 0 saturated heterocycles. The molecule has 1 N–H and O–H groups in total. The number of fused-ring (bicyclic) bond motifs is 3. The Hall–Kier alpha value is -4.28. The van der Waals surface area contributed by atoms with Crippen LogP contribution in [-0.2, 0) is 0 Å². The fourth-order valence-electron chi connectivity index (χ4n) is 4.62. The Morgan fingerprint density at radius 2 is 1.09 bits per heavy atom. The maximum Gasteiger partial charge on any atom is 0.308 e. The molecule has 6 aromatic rings. The molecule has 0 radical (unpaired) electrons. The van der Waals surface area contributed by atoms with Crippen LogP contribution in [0.5, 0.6) is 0 Å². The van der Waals surface area contributed by atoms with Crippen molar-refractivity contribution < 1.29 is 9.44 Å². The van der Waals surface area contributed by atoms with Gasteiger partial charge in [0.25, 0.3) is 0 Å². The Bertz CT molecular complexity index is 1540. The summed E-state index contributed by atoms with van der Waals surface area (Å²) in [5.74, 6) is 0. The lowest BCUT2D eigenvalue weighted by Gasteiger charge is -2.25. The highest BCUT2D eigenvalue weighted by atomic mass is 16.3. The van der Waals surface area contributed by atoms with Crippen LogP contribution in [0.4, 0.5) is 17.1 Å². The van der Waals surface area contributed by atoms with Gasteiger partial charge in [0, 0.05) is 33.4 Å². The van der Waals surface area contributed by atoms with Crippen LogP contribution in [0.15, 0.2) is 126 Å². The van der Waals surface area contributed by atoms with Gasteiger partial charge >= 0.3 is 7.48 Å². The zero-order valence-electron chi connectivity index (χ0n) is 18.6. The highest BCUT2D eigenvalue weighted by Gasteiger charge is 2.16. The second-order valence-corrected chi connectivity index (χ2v) is 8.29. The molecule has 0 aliphatic carbocycles. The second-order valence-electron chi connectivity index (χ2n) is 8.29. The molecule has 162 valence electrons. The molecule has 1 aromatic heterocycles. The van der Waals surface area contributed by atoms with Gasteiger partial charge < -0.3 is 14.3 Å². The van der Waals surface area contributed by atoms with E-state index in [0.717, 1.165) is 55.6 Å². The number of para-hydroxylation sites is 4. The summed E-state index contributed by atoms with van der Waals surface area (Å²) in [5.41, 5.74) is 7.82. The molecule has 0 saturated carbocycles. The Labute approximate surface area is 198 Å². The first-order valence-electron chi connectivity index (χ1n) is 11.4. The highest BCUT2D eigenvalue weighted by molar-refractivity contribution is 6.50. The number of hydrogen-bond acceptors (Lipinski definition) is 3. The summed E-state index contributed by atoms with van der Waals surface area (Å²) in [4.78, 5) is 2.25. The number of rotatable bonds is 5. The van der Waals surface area contributed by atoms with Gasteiger partial charge in [0.05, 0.1) is 0 Å². The van der Waals surface area contributed by atoms with Crippen molar-refractivity contribution in [3.05, 3.63) is 121 Å². The largest absolute Gasteiger partial charge is 0.456 e. The molecule has 34 heavy (non-hydrogen) atoms. The minimum atomic E-state index is -0.0456. The highest BCUT2D eigenvalue weighted by Crippen LogP contribution is 2.38. The fraction of sp³-hybridized carbons (Fsp3) is 0. The molecule has 4 heteroatoms. The minimum Gasteiger partial charge on any atom is -0.456 e. The van der Waals surface area contributed by atoms with Gasteiger partial charge in [0.15, 0.2) is 0 Å². The predicted molar refractivity (Wildman–Crippen MR) is 143 cm³/mol. The summed E-state index contributed by atoms with van der Waals surface area (Å²) in [6.45, 7) is 0. The standard InChI is InChI=1S/C30H22BNO2/c33-31-28-16-8-15-27-26-14-7-13-25(29(26)34-30(27)28)21-17-19-24(20-18-21)32(22-9-3-1-4-10-22)23-11-5-2-6-12-23/h1-20,31,33H. The number of anilines is 3. The van der Waals surface area contributed by atoms with Gasteiger partial charge in [-0.3, -0.25) is 0 Å². The van der Waals surface area contributed by atoms with E-state index in [4.69, 9.17) is 4.42 Å². The normalized spacial score (nSPS) is 11.1. The first-order chi connectivity index (χ1) is 16.8. The van der Waals surface area contributed by atoms with Crippen LogP contribution in [0.1, 0.15) is 0 Å². The predicted octanol–water partition coefficient (Wildman–Crippen LogP) is 6.69. The van der Waals surface area contributed by atoms with Crippen LogP contribution in [0, 0.1) is 0 Å². The van der Waals surface area contributed by atoms with Crippen molar-refractivity contribution in [3.8, 4) is 11.1 Å². The van der Waals surface area contributed by atoms with Gasteiger partial charge in [-0.25, -0.2) is 0 Å². The van der Waals surface area contributed by atoms with Crippen LogP contribution in [0.3, 0.4) is 0 Å². The molecule has 5 aromatic carbocycles. The zero-order chi connectivity index (χ0) is 22.9. The lowest BCUT2D eigenvalue weighted by atomic mass is 9.87. The summed E-state index contributed by atoms with van der Waals surface area (Å²) in [5, 5.41) is 11.8. The van der Waals surface area contributed by atoms with E-state index in [1.165, 1.54) is 0 Å². The summed E-state index contributed by atoms with van der Waals surface area (Å²) in [6, 6.07) is 41.5. The SMILES string of the molecule is OBc1cccc2c1oc1c(-c3ccc(N(c4ccccc4)c4ccccc4)cc3)cccc12. The number of nitrogens with zero attached hydrogens (tertiary/aromatic N) is 1. The third-order valence-corrected chi connectivity index (χ3v) is 6.24. The van der Waals surface area contributed by atoms with Crippen LogP contribution < -0.4 is 10.4 Å². The molecule has 6 rings (SSSR count). The van der Waals surface area contributed by atoms with Crippen molar-refractivity contribution in [2.75, 3.05) is 4.90 Å². The quantitative estimate of drug-likeness (QED) is 0.304. The van der Waals surface area contributed by atoms with Gasteiger partial charge in [0.1, 0.15) is 11.2 Å². The van der Waals surface area contributed by atoms with Crippen molar-refractivity contribution in [1.29, 1.82) is 0 Å². The van der Waals surface area contributed by atoms with E-state index < -0.39 is 0 Å². The second kappa shape index (κ2) is 8.58. The summed E-state index contributed by atoms with van der Waals surface area (Å²) < 4.78 is 6.31. The van der Waals surface area contributed by atoms with Crippen molar-refractivity contribution in [1.82, 2.24) is 0 Å². The molecule has 0 bridgehead atoms. The zero-order valence-corrected chi connectivity index (χ0v) is 18.6. The minimum absolute atomic E-state index is 0.0456. The fourth-order valence-corrected chi connectivity index (χ4v) is 4.62. The van der Waals surface area contributed by atoms with Gasteiger partial charge in [-0.1, -0.05) is 84.9 Å². The molecule has 0 fully saturated rings.